The van der Waals surface area contributed by atoms with E-state index in [1.807, 2.05) is 0 Å². The Kier molecular flexibility index (Phi) is 2.61. The van der Waals surface area contributed by atoms with Gasteiger partial charge in [-0.05, 0) is 32.1 Å². The molecule has 2 aliphatic rings. The molecule has 0 unspecified atom stereocenters. The fourth-order valence-electron chi connectivity index (χ4n) is 3.21. The topological polar surface area (TPSA) is 32.8 Å². The van der Waals surface area contributed by atoms with E-state index in [0.717, 1.165) is 6.42 Å². The molecule has 14 heavy (non-hydrogen) atoms. The molecule has 0 spiro atoms. The number of aliphatic hydroxyl groups is 1. The summed E-state index contributed by atoms with van der Waals surface area (Å²) < 4.78 is 5.88. The molecule has 1 aliphatic carbocycles. The third kappa shape index (κ3) is 1.31. The van der Waals surface area contributed by atoms with Crippen molar-refractivity contribution in [3.8, 4) is 0 Å². The molecule has 1 aliphatic heterocycles. The van der Waals surface area contributed by atoms with Gasteiger partial charge in [0.2, 0.25) is 0 Å². The molecule has 0 aromatic heterocycles. The minimum absolute atomic E-state index is 0.0169. The summed E-state index contributed by atoms with van der Waals surface area (Å²) in [7, 11) is 0. The zero-order valence-corrected chi connectivity index (χ0v) is 9.38. The number of ether oxygens (including phenoxy) is 1. The van der Waals surface area contributed by atoms with E-state index in [4.69, 9.17) is 4.74 Å². The van der Waals surface area contributed by atoms with Gasteiger partial charge in [-0.15, -0.1) is 0 Å². The molecular weight excluding hydrogens is 176 g/mol. The van der Waals surface area contributed by atoms with E-state index in [1.165, 1.54) is 32.1 Å². The first kappa shape index (κ1) is 10.4. The quantitative estimate of drug-likeness (QED) is 0.707. The summed E-state index contributed by atoms with van der Waals surface area (Å²) in [6.45, 7) is 4.50. The average Bonchev–Trinajstić information content (AvgIpc) is 2.88. The second-order valence-corrected chi connectivity index (χ2v) is 5.05. The molecule has 0 amide bonds. The summed E-state index contributed by atoms with van der Waals surface area (Å²) >= 11 is 0. The zero-order chi connectivity index (χ0) is 10.2. The molecule has 0 bridgehead atoms. The van der Waals surface area contributed by atoms with Crippen molar-refractivity contribution in [2.75, 3.05) is 6.61 Å². The van der Waals surface area contributed by atoms with Gasteiger partial charge in [-0.2, -0.15) is 0 Å². The van der Waals surface area contributed by atoms with E-state index in [-0.39, 0.29) is 17.8 Å². The minimum Gasteiger partial charge on any atom is -0.393 e. The number of hydrogen-bond acceptors (Lipinski definition) is 2. The Bertz CT molecular complexity index is 204. The van der Waals surface area contributed by atoms with E-state index in [9.17, 15) is 5.11 Å². The van der Waals surface area contributed by atoms with Gasteiger partial charge in [-0.3, -0.25) is 0 Å². The smallest absolute Gasteiger partial charge is 0.121 e. The molecule has 1 saturated heterocycles. The maximum atomic E-state index is 9.40. The Morgan fingerprint density at radius 3 is 2.36 bits per heavy atom. The number of rotatable bonds is 3. The van der Waals surface area contributed by atoms with Crippen LogP contribution >= 0.6 is 0 Å². The third-order valence-electron chi connectivity index (χ3n) is 4.48. The molecule has 0 radical (unpaired) electrons. The summed E-state index contributed by atoms with van der Waals surface area (Å²) in [5.74, 6) is 0.684. The van der Waals surface area contributed by atoms with Gasteiger partial charge in [0, 0.05) is 0 Å². The van der Waals surface area contributed by atoms with E-state index in [0.29, 0.717) is 5.92 Å². The number of aliphatic hydroxyl groups excluding tert-OH is 1. The lowest BCUT2D eigenvalue weighted by Gasteiger charge is -2.27. The number of epoxide rings is 1. The van der Waals surface area contributed by atoms with Crippen molar-refractivity contribution in [1.82, 2.24) is 0 Å². The van der Waals surface area contributed by atoms with Crippen molar-refractivity contribution in [3.05, 3.63) is 0 Å². The standard InChI is InChI=1S/C12H22O2/c1-3-12(9-13)11(2,14-12)10-7-5-4-6-8-10/h10,13H,3-9H2,1-2H3/t11-,12-/m1/s1. The predicted octanol–water partition coefficient (Wildman–Crippen LogP) is 2.50. The van der Waals surface area contributed by atoms with Crippen LogP contribution in [-0.4, -0.2) is 22.9 Å². The van der Waals surface area contributed by atoms with Crippen LogP contribution in [0.2, 0.25) is 0 Å². The van der Waals surface area contributed by atoms with Gasteiger partial charge in [0.05, 0.1) is 6.61 Å². The number of hydrogen-bond donors (Lipinski definition) is 1. The van der Waals surface area contributed by atoms with Crippen molar-refractivity contribution in [2.45, 2.75) is 63.6 Å². The maximum Gasteiger partial charge on any atom is 0.121 e. The molecule has 0 aromatic carbocycles. The molecule has 2 heteroatoms. The Morgan fingerprint density at radius 2 is 1.93 bits per heavy atom. The highest BCUT2D eigenvalue weighted by molar-refractivity contribution is 5.15. The predicted molar refractivity (Wildman–Crippen MR) is 56.2 cm³/mol. The SMILES string of the molecule is CC[C@]1(CO)O[C@]1(C)C1CCCCC1. The van der Waals surface area contributed by atoms with Crippen molar-refractivity contribution in [3.63, 3.8) is 0 Å². The average molecular weight is 198 g/mol. The van der Waals surface area contributed by atoms with Crippen molar-refractivity contribution < 1.29 is 9.84 Å². The fourth-order valence-corrected chi connectivity index (χ4v) is 3.21. The van der Waals surface area contributed by atoms with Gasteiger partial charge in [0.1, 0.15) is 11.2 Å². The maximum absolute atomic E-state index is 9.40. The highest BCUT2D eigenvalue weighted by Gasteiger charge is 2.68. The van der Waals surface area contributed by atoms with Crippen LogP contribution in [0.1, 0.15) is 52.4 Å². The second kappa shape index (κ2) is 3.49. The van der Waals surface area contributed by atoms with Gasteiger partial charge in [0.15, 0.2) is 0 Å². The van der Waals surface area contributed by atoms with E-state index < -0.39 is 0 Å². The molecule has 1 N–H and O–H groups in total. The normalized spacial score (nSPS) is 43.9. The van der Waals surface area contributed by atoms with Crippen LogP contribution in [0.25, 0.3) is 0 Å². The first-order chi connectivity index (χ1) is 6.68. The van der Waals surface area contributed by atoms with Crippen molar-refractivity contribution >= 4 is 0 Å². The molecule has 1 saturated carbocycles. The Labute approximate surface area is 86.6 Å². The van der Waals surface area contributed by atoms with Gasteiger partial charge in [-0.1, -0.05) is 26.2 Å². The van der Waals surface area contributed by atoms with Gasteiger partial charge >= 0.3 is 0 Å². The van der Waals surface area contributed by atoms with Crippen LogP contribution in [0.5, 0.6) is 0 Å². The highest BCUT2D eigenvalue weighted by atomic mass is 16.6. The molecule has 2 atom stereocenters. The summed E-state index contributed by atoms with van der Waals surface area (Å²) in [4.78, 5) is 0. The molecule has 82 valence electrons. The Morgan fingerprint density at radius 1 is 1.29 bits per heavy atom. The van der Waals surface area contributed by atoms with Crippen molar-refractivity contribution in [2.24, 2.45) is 5.92 Å². The third-order valence-corrected chi connectivity index (χ3v) is 4.48. The van der Waals surface area contributed by atoms with Crippen LogP contribution in [0.15, 0.2) is 0 Å². The van der Waals surface area contributed by atoms with E-state index >= 15 is 0 Å². The first-order valence-corrected chi connectivity index (χ1v) is 5.99. The summed E-state index contributed by atoms with van der Waals surface area (Å²) in [6, 6.07) is 0. The van der Waals surface area contributed by atoms with Crippen LogP contribution < -0.4 is 0 Å². The van der Waals surface area contributed by atoms with Crippen LogP contribution in [0.3, 0.4) is 0 Å². The summed E-state index contributed by atoms with van der Waals surface area (Å²) in [6.07, 6.45) is 7.58. The second-order valence-electron chi connectivity index (χ2n) is 5.05. The molecule has 2 nitrogen and oxygen atoms in total. The highest BCUT2D eigenvalue weighted by Crippen LogP contribution is 2.57. The fraction of sp³-hybridized carbons (Fsp3) is 1.00. The Hall–Kier alpha value is -0.0800. The lowest BCUT2D eigenvalue weighted by atomic mass is 9.74. The largest absolute Gasteiger partial charge is 0.393 e. The van der Waals surface area contributed by atoms with Crippen LogP contribution in [0.4, 0.5) is 0 Å². The first-order valence-electron chi connectivity index (χ1n) is 5.99. The van der Waals surface area contributed by atoms with Crippen LogP contribution in [-0.2, 0) is 4.74 Å². The Balaban J connectivity index is 2.03. The molecule has 0 aromatic rings. The lowest BCUT2D eigenvalue weighted by Crippen LogP contribution is -2.34. The van der Waals surface area contributed by atoms with Gasteiger partial charge in [0.25, 0.3) is 0 Å². The summed E-state index contributed by atoms with van der Waals surface area (Å²) in [5, 5.41) is 9.40. The zero-order valence-electron chi connectivity index (χ0n) is 9.38. The minimum atomic E-state index is -0.199. The van der Waals surface area contributed by atoms with E-state index in [2.05, 4.69) is 13.8 Å². The molecular formula is C12H22O2. The molecule has 2 rings (SSSR count). The van der Waals surface area contributed by atoms with Gasteiger partial charge in [-0.25, -0.2) is 0 Å². The lowest BCUT2D eigenvalue weighted by molar-refractivity contribution is 0.160. The van der Waals surface area contributed by atoms with E-state index in [1.54, 1.807) is 0 Å². The van der Waals surface area contributed by atoms with Crippen molar-refractivity contribution in [1.29, 1.82) is 0 Å². The molecule has 2 fully saturated rings. The van der Waals surface area contributed by atoms with Gasteiger partial charge < -0.3 is 9.84 Å². The molecule has 1 heterocycles. The monoisotopic (exact) mass is 198 g/mol. The van der Waals surface area contributed by atoms with Crippen LogP contribution in [0, 0.1) is 5.92 Å². The summed E-state index contributed by atoms with van der Waals surface area (Å²) in [5.41, 5.74) is -0.216.